The van der Waals surface area contributed by atoms with E-state index in [9.17, 15) is 9.90 Å². The predicted molar refractivity (Wildman–Crippen MR) is 130 cm³/mol. The van der Waals surface area contributed by atoms with Gasteiger partial charge in [-0.05, 0) is 105 Å². The Hall–Kier alpha value is -0.570. The molecule has 0 radical (unpaired) electrons. The summed E-state index contributed by atoms with van der Waals surface area (Å²) in [6.07, 6.45) is 14.8. The van der Waals surface area contributed by atoms with Crippen LogP contribution in [0.2, 0.25) is 0 Å². The fraction of sp³-hybridized carbons (Fsp3) is 0.964. The van der Waals surface area contributed by atoms with Crippen LogP contribution in [-0.4, -0.2) is 24.3 Å². The number of carbonyl (C=O) groups is 1. The summed E-state index contributed by atoms with van der Waals surface area (Å²) in [5.74, 6) is 3.94. The Labute approximate surface area is 193 Å². The van der Waals surface area contributed by atoms with Crippen molar-refractivity contribution in [2.24, 2.45) is 40.4 Å². The molecule has 4 rings (SSSR count). The first-order chi connectivity index (χ1) is 14.9. The van der Waals surface area contributed by atoms with Gasteiger partial charge in [-0.1, -0.05) is 54.4 Å². The van der Waals surface area contributed by atoms with Gasteiger partial charge in [-0.3, -0.25) is 0 Å². The van der Waals surface area contributed by atoms with Crippen molar-refractivity contribution in [3.05, 3.63) is 0 Å². The van der Waals surface area contributed by atoms with Crippen molar-refractivity contribution in [3.8, 4) is 0 Å². The summed E-state index contributed by atoms with van der Waals surface area (Å²) in [6.45, 7) is 13.2. The average molecular weight is 437 g/mol. The summed E-state index contributed by atoms with van der Waals surface area (Å²) in [7, 11) is 1.36. The van der Waals surface area contributed by atoms with Gasteiger partial charge in [-0.2, -0.15) is 0 Å². The molecule has 0 aromatic heterocycles. The zero-order chi connectivity index (χ0) is 23.2. The Morgan fingerprint density at radius 2 is 1.58 bits per heavy atom. The summed E-state index contributed by atoms with van der Waals surface area (Å²) >= 11 is 0. The standard InChI is InChI=1S/C24H40O3.2C2H6/c1-23-14-5-4-6-16(23)7-10-18-19-11-8-17(9-12-21(25)22(26)27-3)24(19,2)15-13-20(18)23;2*1-2/h16-21,25H,4-15H2,1-3H3;2*1-2H3. The van der Waals surface area contributed by atoms with Gasteiger partial charge in [0.25, 0.3) is 0 Å². The van der Waals surface area contributed by atoms with Crippen LogP contribution in [0.5, 0.6) is 0 Å². The molecule has 0 spiro atoms. The predicted octanol–water partition coefficient (Wildman–Crippen LogP) is 7.40. The molecule has 0 aliphatic heterocycles. The maximum absolute atomic E-state index is 11.6. The smallest absolute Gasteiger partial charge is 0.334 e. The largest absolute Gasteiger partial charge is 0.467 e. The van der Waals surface area contributed by atoms with Gasteiger partial charge >= 0.3 is 5.97 Å². The van der Waals surface area contributed by atoms with E-state index in [0.717, 1.165) is 30.1 Å². The fourth-order valence-corrected chi connectivity index (χ4v) is 8.49. The number of hydrogen-bond donors (Lipinski definition) is 1. The van der Waals surface area contributed by atoms with E-state index in [-0.39, 0.29) is 0 Å². The van der Waals surface area contributed by atoms with Gasteiger partial charge in [0.2, 0.25) is 0 Å². The number of aliphatic hydroxyl groups excluding tert-OH is 1. The summed E-state index contributed by atoms with van der Waals surface area (Å²) < 4.78 is 4.70. The third-order valence-corrected chi connectivity index (χ3v) is 10.0. The molecule has 8 atom stereocenters. The Morgan fingerprint density at radius 3 is 2.26 bits per heavy atom. The highest BCUT2D eigenvalue weighted by molar-refractivity contribution is 5.74. The minimum absolute atomic E-state index is 0.425. The summed E-state index contributed by atoms with van der Waals surface area (Å²) in [6, 6.07) is 0. The van der Waals surface area contributed by atoms with Gasteiger partial charge < -0.3 is 9.84 Å². The minimum Gasteiger partial charge on any atom is -0.467 e. The van der Waals surface area contributed by atoms with Gasteiger partial charge in [-0.15, -0.1) is 0 Å². The molecule has 4 aliphatic carbocycles. The molecule has 0 bridgehead atoms. The quantitative estimate of drug-likeness (QED) is 0.467. The number of aliphatic hydroxyl groups is 1. The van der Waals surface area contributed by atoms with Gasteiger partial charge in [-0.25, -0.2) is 4.79 Å². The fourth-order valence-electron chi connectivity index (χ4n) is 8.49. The van der Waals surface area contributed by atoms with Crippen molar-refractivity contribution in [2.45, 2.75) is 125 Å². The molecule has 31 heavy (non-hydrogen) atoms. The molecule has 0 heterocycles. The van der Waals surface area contributed by atoms with Crippen molar-refractivity contribution >= 4 is 5.97 Å². The number of esters is 1. The molecule has 4 saturated carbocycles. The third-order valence-electron chi connectivity index (χ3n) is 10.0. The molecule has 3 heteroatoms. The van der Waals surface area contributed by atoms with E-state index < -0.39 is 12.1 Å². The zero-order valence-electron chi connectivity index (χ0n) is 21.7. The molecule has 1 N–H and O–H groups in total. The van der Waals surface area contributed by atoms with E-state index in [1.54, 1.807) is 0 Å². The Kier molecular flexibility index (Phi) is 9.92. The minimum atomic E-state index is -0.939. The molecule has 0 aromatic rings. The van der Waals surface area contributed by atoms with Crippen LogP contribution in [0, 0.1) is 40.4 Å². The number of fused-ring (bicyclic) bond motifs is 5. The summed E-state index contributed by atoms with van der Waals surface area (Å²) in [4.78, 5) is 11.6. The molecule has 0 aromatic carbocycles. The molecule has 0 amide bonds. The van der Waals surface area contributed by atoms with Gasteiger partial charge in [0, 0.05) is 0 Å². The Bertz CT molecular complexity index is 560. The Morgan fingerprint density at radius 1 is 0.903 bits per heavy atom. The maximum Gasteiger partial charge on any atom is 0.334 e. The average Bonchev–Trinajstić information content (AvgIpc) is 3.15. The van der Waals surface area contributed by atoms with Gasteiger partial charge in [0.15, 0.2) is 6.10 Å². The lowest BCUT2D eigenvalue weighted by atomic mass is 9.45. The van der Waals surface area contributed by atoms with E-state index in [1.165, 1.54) is 71.3 Å². The first kappa shape index (κ1) is 26.7. The SMILES string of the molecule is CC.CC.COC(=O)C(O)CCC1CCC2C3CCC4CCCCC4(C)C3CCC12C. The molecule has 3 nitrogen and oxygen atoms in total. The van der Waals surface area contributed by atoms with Crippen LogP contribution < -0.4 is 0 Å². The summed E-state index contributed by atoms with van der Waals surface area (Å²) in [5, 5.41) is 10.0. The van der Waals surface area contributed by atoms with Crippen LogP contribution in [-0.2, 0) is 9.53 Å². The second-order valence-electron chi connectivity index (χ2n) is 10.8. The highest BCUT2D eigenvalue weighted by atomic mass is 16.5. The van der Waals surface area contributed by atoms with Crippen molar-refractivity contribution in [1.82, 2.24) is 0 Å². The second-order valence-corrected chi connectivity index (χ2v) is 10.8. The molecule has 8 unspecified atom stereocenters. The van der Waals surface area contributed by atoms with Gasteiger partial charge in [0.05, 0.1) is 7.11 Å². The first-order valence-electron chi connectivity index (χ1n) is 13.7. The molecule has 4 fully saturated rings. The Balaban J connectivity index is 0.000000807. The maximum atomic E-state index is 11.6. The van der Waals surface area contributed by atoms with Crippen molar-refractivity contribution in [1.29, 1.82) is 0 Å². The van der Waals surface area contributed by atoms with Crippen LogP contribution in [0.3, 0.4) is 0 Å². The highest BCUT2D eigenvalue weighted by Crippen LogP contribution is 2.67. The zero-order valence-corrected chi connectivity index (χ0v) is 21.7. The highest BCUT2D eigenvalue weighted by Gasteiger charge is 2.59. The second kappa shape index (κ2) is 11.5. The lowest BCUT2D eigenvalue weighted by molar-refractivity contribution is -0.151. The number of methoxy groups -OCH3 is 1. The van der Waals surface area contributed by atoms with Gasteiger partial charge in [0.1, 0.15) is 0 Å². The van der Waals surface area contributed by atoms with Crippen LogP contribution in [0.4, 0.5) is 0 Å². The molecular formula is C28H52O3. The van der Waals surface area contributed by atoms with E-state index in [4.69, 9.17) is 4.74 Å². The van der Waals surface area contributed by atoms with Crippen molar-refractivity contribution in [3.63, 3.8) is 0 Å². The summed E-state index contributed by atoms with van der Waals surface area (Å²) in [5.41, 5.74) is 1.04. The monoisotopic (exact) mass is 436 g/mol. The van der Waals surface area contributed by atoms with Crippen LogP contribution in [0.1, 0.15) is 119 Å². The van der Waals surface area contributed by atoms with Crippen molar-refractivity contribution < 1.29 is 14.6 Å². The third kappa shape index (κ3) is 5.02. The lowest BCUT2D eigenvalue weighted by Gasteiger charge is -2.60. The topological polar surface area (TPSA) is 46.5 Å². The van der Waals surface area contributed by atoms with E-state index >= 15 is 0 Å². The van der Waals surface area contributed by atoms with Crippen LogP contribution >= 0.6 is 0 Å². The van der Waals surface area contributed by atoms with E-state index in [1.807, 2.05) is 27.7 Å². The number of rotatable bonds is 4. The lowest BCUT2D eigenvalue weighted by Crippen LogP contribution is -2.52. The molecule has 182 valence electrons. The molecule has 4 aliphatic rings. The number of carbonyl (C=O) groups excluding carboxylic acids is 1. The first-order valence-corrected chi connectivity index (χ1v) is 13.7. The van der Waals surface area contributed by atoms with Crippen molar-refractivity contribution in [2.75, 3.05) is 7.11 Å². The van der Waals surface area contributed by atoms with Crippen LogP contribution in [0.25, 0.3) is 0 Å². The normalized spacial score (nSPS) is 41.7. The number of ether oxygens (including phenoxy) is 1. The number of hydrogen-bond acceptors (Lipinski definition) is 3. The molecule has 0 saturated heterocycles. The van der Waals surface area contributed by atoms with E-state index in [2.05, 4.69) is 13.8 Å². The van der Waals surface area contributed by atoms with E-state index in [0.29, 0.717) is 23.2 Å². The molecular weight excluding hydrogens is 384 g/mol. The van der Waals surface area contributed by atoms with Crippen LogP contribution in [0.15, 0.2) is 0 Å².